The molecule has 0 amide bonds. The van der Waals surface area contributed by atoms with E-state index in [1.54, 1.807) is 30.3 Å². The molecule has 3 aromatic rings. The van der Waals surface area contributed by atoms with Gasteiger partial charge >= 0.3 is 11.6 Å². The van der Waals surface area contributed by atoms with E-state index in [-0.39, 0.29) is 6.61 Å². The van der Waals surface area contributed by atoms with Gasteiger partial charge in [-0.25, -0.2) is 9.59 Å². The number of ether oxygens (including phenoxy) is 4. The largest absolute Gasteiger partial charge is 0.497 e. The van der Waals surface area contributed by atoms with Gasteiger partial charge < -0.3 is 23.4 Å². The fourth-order valence-electron chi connectivity index (χ4n) is 2.65. The Morgan fingerprint density at radius 3 is 2.41 bits per heavy atom. The highest BCUT2D eigenvalue weighted by molar-refractivity contribution is 5.90. The summed E-state index contributed by atoms with van der Waals surface area (Å²) in [6.07, 6.45) is 0. The Labute approximate surface area is 155 Å². The van der Waals surface area contributed by atoms with Crippen LogP contribution in [0.1, 0.15) is 15.9 Å². The van der Waals surface area contributed by atoms with Crippen molar-refractivity contribution >= 4 is 16.9 Å². The minimum atomic E-state index is -0.550. The highest BCUT2D eigenvalue weighted by Crippen LogP contribution is 2.28. The number of fused-ring (bicyclic) bond motifs is 1. The first-order valence-electron chi connectivity index (χ1n) is 8.05. The molecule has 0 fully saturated rings. The van der Waals surface area contributed by atoms with Gasteiger partial charge in [-0.15, -0.1) is 0 Å². The summed E-state index contributed by atoms with van der Waals surface area (Å²) in [7, 11) is 4.52. The van der Waals surface area contributed by atoms with Gasteiger partial charge in [0.05, 0.1) is 26.9 Å². The molecule has 7 heteroatoms. The van der Waals surface area contributed by atoms with Crippen LogP contribution in [0, 0.1) is 0 Å². The predicted octanol–water partition coefficient (Wildman–Crippen LogP) is 3.18. The molecule has 2 aromatic carbocycles. The fourth-order valence-corrected chi connectivity index (χ4v) is 2.65. The SMILES string of the molecule is COc1ccc2c(COC(=O)c3ccc(OC)c(OC)c3)cc(=O)oc2c1. The maximum absolute atomic E-state index is 12.4. The molecule has 0 atom stereocenters. The van der Waals surface area contributed by atoms with Crippen molar-refractivity contribution in [2.75, 3.05) is 21.3 Å². The molecule has 0 N–H and O–H groups in total. The predicted molar refractivity (Wildman–Crippen MR) is 97.7 cm³/mol. The molecule has 0 saturated carbocycles. The number of carbonyl (C=O) groups is 1. The van der Waals surface area contributed by atoms with E-state index in [4.69, 9.17) is 23.4 Å². The number of methoxy groups -OCH3 is 3. The average molecular weight is 370 g/mol. The van der Waals surface area contributed by atoms with Crippen LogP contribution in [0.2, 0.25) is 0 Å². The summed E-state index contributed by atoms with van der Waals surface area (Å²) in [5.41, 5.74) is 0.672. The Hall–Kier alpha value is -3.48. The summed E-state index contributed by atoms with van der Waals surface area (Å²) in [5, 5.41) is 0.663. The van der Waals surface area contributed by atoms with Crippen molar-refractivity contribution in [3.8, 4) is 17.2 Å². The van der Waals surface area contributed by atoms with Gasteiger partial charge in [-0.2, -0.15) is 0 Å². The second kappa shape index (κ2) is 7.82. The molecule has 0 unspecified atom stereocenters. The second-order valence-corrected chi connectivity index (χ2v) is 5.60. The van der Waals surface area contributed by atoms with E-state index in [1.165, 1.54) is 33.5 Å². The second-order valence-electron chi connectivity index (χ2n) is 5.60. The maximum Gasteiger partial charge on any atom is 0.338 e. The number of hydrogen-bond donors (Lipinski definition) is 0. The zero-order valence-electron chi connectivity index (χ0n) is 15.1. The van der Waals surface area contributed by atoms with E-state index in [9.17, 15) is 9.59 Å². The highest BCUT2D eigenvalue weighted by atomic mass is 16.5. The van der Waals surface area contributed by atoms with E-state index >= 15 is 0 Å². The molecule has 27 heavy (non-hydrogen) atoms. The monoisotopic (exact) mass is 370 g/mol. The van der Waals surface area contributed by atoms with Crippen molar-refractivity contribution in [2.24, 2.45) is 0 Å². The molecule has 0 aliphatic rings. The zero-order valence-corrected chi connectivity index (χ0v) is 15.1. The van der Waals surface area contributed by atoms with Crippen LogP contribution in [0.3, 0.4) is 0 Å². The lowest BCUT2D eigenvalue weighted by Gasteiger charge is -2.10. The lowest BCUT2D eigenvalue weighted by molar-refractivity contribution is 0.0473. The Balaban J connectivity index is 1.84. The number of esters is 1. The summed E-state index contributed by atoms with van der Waals surface area (Å²) < 4.78 is 26.0. The molecule has 0 spiro atoms. The third kappa shape index (κ3) is 3.87. The summed E-state index contributed by atoms with van der Waals surface area (Å²) in [4.78, 5) is 24.2. The summed E-state index contributed by atoms with van der Waals surface area (Å²) in [5.74, 6) is 0.940. The first kappa shape index (κ1) is 18.3. The van der Waals surface area contributed by atoms with E-state index < -0.39 is 11.6 Å². The lowest BCUT2D eigenvalue weighted by atomic mass is 10.1. The number of hydrogen-bond acceptors (Lipinski definition) is 7. The first-order chi connectivity index (χ1) is 13.0. The topological polar surface area (TPSA) is 84.2 Å². The van der Waals surface area contributed by atoms with E-state index in [1.807, 2.05) is 0 Å². The average Bonchev–Trinajstić information content (AvgIpc) is 2.70. The van der Waals surface area contributed by atoms with Crippen molar-refractivity contribution in [2.45, 2.75) is 6.61 Å². The standard InChI is InChI=1S/C20H18O7/c1-23-14-5-6-15-13(9-19(21)27-17(15)10-14)11-26-20(22)12-4-7-16(24-2)18(8-12)25-3/h4-10H,11H2,1-3H3. The van der Waals surface area contributed by atoms with Crippen LogP contribution in [0.5, 0.6) is 17.2 Å². The lowest BCUT2D eigenvalue weighted by Crippen LogP contribution is -2.08. The minimum absolute atomic E-state index is 0.0817. The minimum Gasteiger partial charge on any atom is -0.497 e. The third-order valence-corrected chi connectivity index (χ3v) is 4.02. The van der Waals surface area contributed by atoms with Crippen molar-refractivity contribution in [1.29, 1.82) is 0 Å². The van der Waals surface area contributed by atoms with Gasteiger partial charge in [-0.3, -0.25) is 0 Å². The van der Waals surface area contributed by atoms with E-state index in [0.29, 0.717) is 39.3 Å². The Morgan fingerprint density at radius 1 is 0.926 bits per heavy atom. The molecular weight excluding hydrogens is 352 g/mol. The van der Waals surface area contributed by atoms with Crippen LogP contribution in [0.4, 0.5) is 0 Å². The number of benzene rings is 2. The van der Waals surface area contributed by atoms with Crippen molar-refractivity contribution in [3.05, 3.63) is 64.0 Å². The molecule has 0 aliphatic heterocycles. The van der Waals surface area contributed by atoms with Gasteiger partial charge in [-0.05, 0) is 30.3 Å². The quantitative estimate of drug-likeness (QED) is 0.487. The van der Waals surface area contributed by atoms with E-state index in [0.717, 1.165) is 0 Å². The van der Waals surface area contributed by atoms with Crippen molar-refractivity contribution in [1.82, 2.24) is 0 Å². The first-order valence-corrected chi connectivity index (χ1v) is 8.05. The molecule has 0 saturated heterocycles. The molecule has 0 aliphatic carbocycles. The Morgan fingerprint density at radius 2 is 1.70 bits per heavy atom. The van der Waals surface area contributed by atoms with Crippen molar-refractivity contribution < 1.29 is 28.2 Å². The highest BCUT2D eigenvalue weighted by Gasteiger charge is 2.14. The van der Waals surface area contributed by atoms with Gasteiger partial charge in [0.1, 0.15) is 17.9 Å². The van der Waals surface area contributed by atoms with Gasteiger partial charge in [0, 0.05) is 23.1 Å². The van der Waals surface area contributed by atoms with Crippen LogP contribution in [0.25, 0.3) is 11.0 Å². The summed E-state index contributed by atoms with van der Waals surface area (Å²) in [6.45, 7) is -0.0817. The zero-order chi connectivity index (χ0) is 19.4. The van der Waals surface area contributed by atoms with Crippen LogP contribution in [0.15, 0.2) is 51.7 Å². The van der Waals surface area contributed by atoms with Crippen molar-refractivity contribution in [3.63, 3.8) is 0 Å². The third-order valence-electron chi connectivity index (χ3n) is 4.02. The summed E-state index contributed by atoms with van der Waals surface area (Å²) in [6, 6.07) is 11.1. The molecule has 3 rings (SSSR count). The van der Waals surface area contributed by atoms with Gasteiger partial charge in [0.2, 0.25) is 0 Å². The Bertz CT molecular complexity index is 1040. The molecular formula is C20H18O7. The number of rotatable bonds is 6. The number of carbonyl (C=O) groups excluding carboxylic acids is 1. The molecule has 0 radical (unpaired) electrons. The van der Waals surface area contributed by atoms with Gasteiger partial charge in [-0.1, -0.05) is 0 Å². The van der Waals surface area contributed by atoms with Crippen LogP contribution < -0.4 is 19.8 Å². The normalized spacial score (nSPS) is 10.5. The Kier molecular flexibility index (Phi) is 5.30. The van der Waals surface area contributed by atoms with Crippen LogP contribution in [-0.2, 0) is 11.3 Å². The molecule has 7 nitrogen and oxygen atoms in total. The molecule has 140 valence electrons. The van der Waals surface area contributed by atoms with Crippen LogP contribution in [-0.4, -0.2) is 27.3 Å². The van der Waals surface area contributed by atoms with Crippen LogP contribution >= 0.6 is 0 Å². The summed E-state index contributed by atoms with van der Waals surface area (Å²) >= 11 is 0. The molecule has 1 heterocycles. The van der Waals surface area contributed by atoms with E-state index in [2.05, 4.69) is 0 Å². The smallest absolute Gasteiger partial charge is 0.338 e. The molecule has 0 bridgehead atoms. The fraction of sp³-hybridized carbons (Fsp3) is 0.200. The van der Waals surface area contributed by atoms with Gasteiger partial charge in [0.15, 0.2) is 11.5 Å². The van der Waals surface area contributed by atoms with Gasteiger partial charge in [0.25, 0.3) is 0 Å². The molecule has 1 aromatic heterocycles. The maximum atomic E-state index is 12.4.